The first kappa shape index (κ1) is 14.4. The molecule has 2 aromatic carbocycles. The number of hydrogen-bond acceptors (Lipinski definition) is 3. The number of nitrogens with two attached hydrogens (primary N) is 1. The maximum absolute atomic E-state index is 6.38. The fraction of sp³-hybridized carbons (Fsp3) is 0.188. The monoisotopic (exact) mass is 363 g/mol. The van der Waals surface area contributed by atoms with Gasteiger partial charge in [0.15, 0.2) is 5.96 Å². The van der Waals surface area contributed by atoms with Gasteiger partial charge in [-0.25, -0.2) is 0 Å². The van der Waals surface area contributed by atoms with Gasteiger partial charge in [-0.2, -0.15) is 0 Å². The highest BCUT2D eigenvalue weighted by molar-refractivity contribution is 9.10. The molecule has 3 rings (SSSR count). The summed E-state index contributed by atoms with van der Waals surface area (Å²) >= 11 is 9.88. The van der Waals surface area contributed by atoms with Crippen LogP contribution in [0.4, 0.5) is 5.69 Å². The van der Waals surface area contributed by atoms with Crippen molar-refractivity contribution in [2.24, 2.45) is 10.7 Å². The summed E-state index contributed by atoms with van der Waals surface area (Å²) in [5.41, 5.74) is 9.37. The number of rotatable bonds is 2. The Balaban J connectivity index is 2.07. The molecule has 0 spiro atoms. The van der Waals surface area contributed by atoms with Crippen LogP contribution >= 0.6 is 27.5 Å². The number of aliphatic imine (C=N–C) groups is 1. The minimum atomic E-state index is 0.0242. The second kappa shape index (κ2) is 5.70. The first-order chi connectivity index (χ1) is 10.1. The van der Waals surface area contributed by atoms with Gasteiger partial charge >= 0.3 is 0 Å². The van der Waals surface area contributed by atoms with Gasteiger partial charge in [-0.1, -0.05) is 45.7 Å². The van der Waals surface area contributed by atoms with Crippen LogP contribution < -0.4 is 10.6 Å². The molecule has 1 heterocycles. The largest absolute Gasteiger partial charge is 0.369 e. The lowest BCUT2D eigenvalue weighted by molar-refractivity contribution is 0.766. The minimum Gasteiger partial charge on any atom is -0.369 e. The van der Waals surface area contributed by atoms with Crippen molar-refractivity contribution < 1.29 is 0 Å². The summed E-state index contributed by atoms with van der Waals surface area (Å²) in [5, 5.41) is 0.728. The molecule has 0 saturated carbocycles. The molecule has 1 aliphatic heterocycles. The van der Waals surface area contributed by atoms with Crippen molar-refractivity contribution in [2.75, 3.05) is 11.4 Å². The van der Waals surface area contributed by atoms with E-state index in [2.05, 4.69) is 44.9 Å². The zero-order chi connectivity index (χ0) is 15.0. The molecule has 108 valence electrons. The normalized spacial score (nSPS) is 18.0. The van der Waals surface area contributed by atoms with Crippen molar-refractivity contribution >= 4 is 39.2 Å². The van der Waals surface area contributed by atoms with Crippen LogP contribution in [-0.2, 0) is 0 Å². The Morgan fingerprint density at radius 1 is 1.29 bits per heavy atom. The summed E-state index contributed by atoms with van der Waals surface area (Å²) in [6.45, 7) is 2.68. The van der Waals surface area contributed by atoms with Gasteiger partial charge in [0.1, 0.15) is 0 Å². The summed E-state index contributed by atoms with van der Waals surface area (Å²) in [6.07, 6.45) is 0. The molecule has 21 heavy (non-hydrogen) atoms. The quantitative estimate of drug-likeness (QED) is 0.864. The summed E-state index contributed by atoms with van der Waals surface area (Å²) in [4.78, 5) is 6.47. The lowest BCUT2D eigenvalue weighted by Gasteiger charge is -2.28. The molecule has 0 bridgehead atoms. The molecule has 0 saturated heterocycles. The van der Waals surface area contributed by atoms with Crippen LogP contribution in [-0.4, -0.2) is 12.5 Å². The number of benzene rings is 2. The third-order valence-electron chi connectivity index (χ3n) is 3.68. The molecule has 0 fully saturated rings. The summed E-state index contributed by atoms with van der Waals surface area (Å²) in [5.74, 6) is 0.533. The Morgan fingerprint density at radius 3 is 2.81 bits per heavy atom. The van der Waals surface area contributed by atoms with Crippen molar-refractivity contribution in [3.05, 3.63) is 63.1 Å². The Morgan fingerprint density at radius 2 is 2.05 bits per heavy atom. The van der Waals surface area contributed by atoms with E-state index in [1.807, 2.05) is 30.3 Å². The highest BCUT2D eigenvalue weighted by Crippen LogP contribution is 2.37. The lowest BCUT2D eigenvalue weighted by atomic mass is 10.0. The van der Waals surface area contributed by atoms with E-state index in [0.29, 0.717) is 12.5 Å². The number of halogens is 2. The molecule has 1 aliphatic rings. The highest BCUT2D eigenvalue weighted by Gasteiger charge is 2.31. The third kappa shape index (κ3) is 2.65. The molecular formula is C16H15BrClN3. The SMILES string of the molecule is Cc1ccccc1N1C(N)=NCC1c1cc(Br)ccc1Cl. The molecule has 0 aromatic heterocycles. The molecule has 2 aromatic rings. The van der Waals surface area contributed by atoms with Gasteiger partial charge < -0.3 is 10.6 Å². The molecule has 0 amide bonds. The van der Waals surface area contributed by atoms with Gasteiger partial charge in [0.25, 0.3) is 0 Å². The molecule has 0 radical (unpaired) electrons. The number of hydrogen-bond donors (Lipinski definition) is 1. The Hall–Kier alpha value is -1.52. The molecule has 3 nitrogen and oxygen atoms in total. The zero-order valence-electron chi connectivity index (χ0n) is 11.6. The van der Waals surface area contributed by atoms with E-state index in [-0.39, 0.29) is 6.04 Å². The smallest absolute Gasteiger partial charge is 0.196 e. The fourth-order valence-electron chi connectivity index (χ4n) is 2.63. The van der Waals surface area contributed by atoms with Gasteiger partial charge in [-0.3, -0.25) is 4.99 Å². The predicted molar refractivity (Wildman–Crippen MR) is 92.0 cm³/mol. The first-order valence-electron chi connectivity index (χ1n) is 6.67. The standard InChI is InChI=1S/C16H15BrClN3/c1-10-4-2-3-5-14(10)21-15(9-20-16(21)19)12-8-11(17)6-7-13(12)18/h2-8,15H,9H2,1H3,(H2,19,20). The maximum atomic E-state index is 6.38. The fourth-order valence-corrected chi connectivity index (χ4v) is 3.25. The molecule has 1 unspecified atom stereocenters. The number of guanidine groups is 1. The van der Waals surface area contributed by atoms with Gasteiger partial charge in [0.05, 0.1) is 12.6 Å². The second-order valence-corrected chi connectivity index (χ2v) is 6.36. The zero-order valence-corrected chi connectivity index (χ0v) is 13.9. The summed E-state index contributed by atoms with van der Waals surface area (Å²) in [6, 6.07) is 14.0. The maximum Gasteiger partial charge on any atom is 0.196 e. The lowest BCUT2D eigenvalue weighted by Crippen LogP contribution is -2.36. The van der Waals surface area contributed by atoms with Crippen molar-refractivity contribution in [1.82, 2.24) is 0 Å². The molecule has 2 N–H and O–H groups in total. The van der Waals surface area contributed by atoms with Crippen molar-refractivity contribution in [2.45, 2.75) is 13.0 Å². The number of nitrogens with zero attached hydrogens (tertiary/aromatic N) is 2. The van der Waals surface area contributed by atoms with Crippen LogP contribution in [0.5, 0.6) is 0 Å². The van der Waals surface area contributed by atoms with E-state index in [4.69, 9.17) is 17.3 Å². The average Bonchev–Trinajstić information content (AvgIpc) is 2.84. The van der Waals surface area contributed by atoms with Crippen LogP contribution in [0.1, 0.15) is 17.2 Å². The molecule has 5 heteroatoms. The van der Waals surface area contributed by atoms with Crippen LogP contribution in [0.15, 0.2) is 51.9 Å². The number of anilines is 1. The van der Waals surface area contributed by atoms with Gasteiger partial charge in [-0.15, -0.1) is 0 Å². The van der Waals surface area contributed by atoms with Crippen molar-refractivity contribution in [3.8, 4) is 0 Å². The summed E-state index contributed by atoms with van der Waals surface area (Å²) in [7, 11) is 0. The Bertz CT molecular complexity index is 714. The molecule has 0 aliphatic carbocycles. The van der Waals surface area contributed by atoms with Gasteiger partial charge in [0, 0.05) is 15.2 Å². The van der Waals surface area contributed by atoms with Crippen LogP contribution in [0, 0.1) is 6.92 Å². The van der Waals surface area contributed by atoms with Crippen LogP contribution in [0.2, 0.25) is 5.02 Å². The highest BCUT2D eigenvalue weighted by atomic mass is 79.9. The van der Waals surface area contributed by atoms with E-state index in [1.165, 1.54) is 0 Å². The number of para-hydroxylation sites is 1. The van der Waals surface area contributed by atoms with Gasteiger partial charge in [-0.05, 0) is 42.3 Å². The van der Waals surface area contributed by atoms with E-state index in [9.17, 15) is 0 Å². The van der Waals surface area contributed by atoms with Crippen LogP contribution in [0.3, 0.4) is 0 Å². The summed E-state index contributed by atoms with van der Waals surface area (Å²) < 4.78 is 0.997. The topological polar surface area (TPSA) is 41.6 Å². The number of aryl methyl sites for hydroxylation is 1. The predicted octanol–water partition coefficient (Wildman–Crippen LogP) is 4.29. The van der Waals surface area contributed by atoms with E-state index >= 15 is 0 Å². The van der Waals surface area contributed by atoms with Crippen LogP contribution in [0.25, 0.3) is 0 Å². The molecular weight excluding hydrogens is 350 g/mol. The second-order valence-electron chi connectivity index (χ2n) is 5.04. The van der Waals surface area contributed by atoms with E-state index < -0.39 is 0 Å². The Kier molecular flexibility index (Phi) is 3.91. The van der Waals surface area contributed by atoms with Gasteiger partial charge in [0.2, 0.25) is 0 Å². The average molecular weight is 365 g/mol. The minimum absolute atomic E-state index is 0.0242. The van der Waals surface area contributed by atoms with E-state index in [0.717, 1.165) is 26.3 Å². The molecule has 1 atom stereocenters. The first-order valence-corrected chi connectivity index (χ1v) is 7.85. The Labute approximate surface area is 137 Å². The van der Waals surface area contributed by atoms with Crippen molar-refractivity contribution in [3.63, 3.8) is 0 Å². The van der Waals surface area contributed by atoms with E-state index in [1.54, 1.807) is 0 Å². The van der Waals surface area contributed by atoms with Crippen molar-refractivity contribution in [1.29, 1.82) is 0 Å². The third-order valence-corrected chi connectivity index (χ3v) is 4.51.